The van der Waals surface area contributed by atoms with Crippen LogP contribution in [0.4, 0.5) is 15.8 Å². The van der Waals surface area contributed by atoms with Gasteiger partial charge < -0.3 is 11.1 Å². The third kappa shape index (κ3) is 2.71. The molecule has 3 N–H and O–H groups in total. The molecular formula is C14H21FN2. The zero-order valence-electron chi connectivity index (χ0n) is 10.4. The van der Waals surface area contributed by atoms with Gasteiger partial charge in [0.25, 0.3) is 0 Å². The lowest BCUT2D eigenvalue weighted by molar-refractivity contribution is 0.307. The molecule has 1 aliphatic carbocycles. The quantitative estimate of drug-likeness (QED) is 0.780. The van der Waals surface area contributed by atoms with Gasteiger partial charge >= 0.3 is 0 Å². The van der Waals surface area contributed by atoms with Crippen LogP contribution in [0, 0.1) is 11.2 Å². The third-order valence-corrected chi connectivity index (χ3v) is 4.08. The first kappa shape index (κ1) is 12.2. The minimum Gasteiger partial charge on any atom is -0.397 e. The summed E-state index contributed by atoms with van der Waals surface area (Å²) in [5.74, 6) is -0.237. The smallest absolute Gasteiger partial charge is 0.125 e. The minimum atomic E-state index is -0.237. The molecule has 1 aliphatic rings. The van der Waals surface area contributed by atoms with E-state index in [-0.39, 0.29) is 5.82 Å². The van der Waals surface area contributed by atoms with Crippen LogP contribution in [0.2, 0.25) is 0 Å². The standard InChI is InChI=1S/C14H21FN2/c1-2-14(7-3-4-8-14)10-17-13-9-11(15)5-6-12(13)16/h5-6,9,17H,2-4,7-8,10,16H2,1H3. The van der Waals surface area contributed by atoms with Gasteiger partial charge in [-0.15, -0.1) is 0 Å². The number of nitrogens with one attached hydrogen (secondary N) is 1. The Kier molecular flexibility index (Phi) is 3.55. The number of halogens is 1. The molecule has 0 atom stereocenters. The Labute approximate surface area is 102 Å². The Morgan fingerprint density at radius 3 is 2.71 bits per heavy atom. The first-order valence-electron chi connectivity index (χ1n) is 6.44. The molecule has 1 saturated carbocycles. The lowest BCUT2D eigenvalue weighted by Gasteiger charge is -2.28. The molecule has 1 aromatic carbocycles. The Hall–Kier alpha value is -1.25. The van der Waals surface area contributed by atoms with E-state index in [2.05, 4.69) is 12.2 Å². The lowest BCUT2D eigenvalue weighted by atomic mass is 9.83. The number of hydrogen-bond donors (Lipinski definition) is 2. The molecule has 0 aromatic heterocycles. The number of hydrogen-bond acceptors (Lipinski definition) is 2. The summed E-state index contributed by atoms with van der Waals surface area (Å²) in [5, 5.41) is 3.32. The van der Waals surface area contributed by atoms with Crippen LogP contribution in [0.25, 0.3) is 0 Å². The zero-order valence-corrected chi connectivity index (χ0v) is 10.4. The number of anilines is 2. The largest absolute Gasteiger partial charge is 0.397 e. The van der Waals surface area contributed by atoms with Crippen molar-refractivity contribution in [3.8, 4) is 0 Å². The number of nitrogen functional groups attached to an aromatic ring is 1. The number of benzene rings is 1. The molecule has 2 nitrogen and oxygen atoms in total. The van der Waals surface area contributed by atoms with Gasteiger partial charge in [0.2, 0.25) is 0 Å². The molecule has 2 rings (SSSR count). The van der Waals surface area contributed by atoms with Crippen LogP contribution in [0.3, 0.4) is 0 Å². The molecule has 0 heterocycles. The monoisotopic (exact) mass is 236 g/mol. The van der Waals surface area contributed by atoms with E-state index in [4.69, 9.17) is 5.73 Å². The van der Waals surface area contributed by atoms with Crippen LogP contribution in [-0.4, -0.2) is 6.54 Å². The van der Waals surface area contributed by atoms with Gasteiger partial charge in [-0.2, -0.15) is 0 Å². The molecule has 94 valence electrons. The second kappa shape index (κ2) is 4.94. The van der Waals surface area contributed by atoms with Gasteiger partial charge in [-0.3, -0.25) is 0 Å². The fourth-order valence-corrected chi connectivity index (χ4v) is 2.74. The van der Waals surface area contributed by atoms with E-state index in [0.29, 0.717) is 11.1 Å². The van der Waals surface area contributed by atoms with Crippen LogP contribution in [0.1, 0.15) is 39.0 Å². The van der Waals surface area contributed by atoms with E-state index < -0.39 is 0 Å². The summed E-state index contributed by atoms with van der Waals surface area (Å²) in [6, 6.07) is 4.49. The first-order valence-corrected chi connectivity index (χ1v) is 6.44. The van der Waals surface area contributed by atoms with Crippen molar-refractivity contribution in [3.05, 3.63) is 24.0 Å². The Morgan fingerprint density at radius 1 is 1.35 bits per heavy atom. The van der Waals surface area contributed by atoms with E-state index in [1.807, 2.05) is 0 Å². The molecule has 0 spiro atoms. The van der Waals surface area contributed by atoms with Crippen molar-refractivity contribution >= 4 is 11.4 Å². The van der Waals surface area contributed by atoms with Crippen LogP contribution in [0.5, 0.6) is 0 Å². The van der Waals surface area contributed by atoms with Crippen molar-refractivity contribution in [1.82, 2.24) is 0 Å². The molecule has 0 bridgehead atoms. The highest BCUT2D eigenvalue weighted by Gasteiger charge is 2.31. The third-order valence-electron chi connectivity index (χ3n) is 4.08. The predicted octanol–water partition coefficient (Wildman–Crippen LogP) is 3.79. The summed E-state index contributed by atoms with van der Waals surface area (Å²) in [4.78, 5) is 0. The second-order valence-corrected chi connectivity index (χ2v) is 5.15. The van der Waals surface area contributed by atoms with Crippen molar-refractivity contribution in [2.75, 3.05) is 17.6 Å². The molecular weight excluding hydrogens is 215 g/mol. The highest BCUT2D eigenvalue weighted by Crippen LogP contribution is 2.41. The van der Waals surface area contributed by atoms with E-state index in [0.717, 1.165) is 12.2 Å². The molecule has 0 radical (unpaired) electrons. The summed E-state index contributed by atoms with van der Waals surface area (Å²) in [6.07, 6.45) is 6.34. The van der Waals surface area contributed by atoms with Gasteiger partial charge in [0, 0.05) is 6.54 Å². The number of rotatable bonds is 4. The summed E-state index contributed by atoms with van der Waals surface area (Å²) in [6.45, 7) is 3.14. The van der Waals surface area contributed by atoms with Crippen LogP contribution >= 0.6 is 0 Å². The summed E-state index contributed by atoms with van der Waals surface area (Å²) < 4.78 is 13.1. The summed E-state index contributed by atoms with van der Waals surface area (Å²) >= 11 is 0. The van der Waals surface area contributed by atoms with Crippen molar-refractivity contribution in [2.24, 2.45) is 5.41 Å². The van der Waals surface area contributed by atoms with Gasteiger partial charge in [0.05, 0.1) is 11.4 Å². The SMILES string of the molecule is CCC1(CNc2cc(F)ccc2N)CCCC1. The maximum absolute atomic E-state index is 13.1. The highest BCUT2D eigenvalue weighted by molar-refractivity contribution is 5.65. The van der Waals surface area contributed by atoms with Crippen molar-refractivity contribution in [2.45, 2.75) is 39.0 Å². The molecule has 17 heavy (non-hydrogen) atoms. The number of nitrogens with two attached hydrogens (primary N) is 1. The van der Waals surface area contributed by atoms with E-state index in [1.165, 1.54) is 44.2 Å². The fraction of sp³-hybridized carbons (Fsp3) is 0.571. The Balaban J connectivity index is 2.03. The maximum atomic E-state index is 13.1. The van der Waals surface area contributed by atoms with Crippen LogP contribution in [0.15, 0.2) is 18.2 Å². The van der Waals surface area contributed by atoms with Gasteiger partial charge in [-0.05, 0) is 42.9 Å². The normalized spacial score (nSPS) is 18.2. The van der Waals surface area contributed by atoms with Crippen molar-refractivity contribution in [3.63, 3.8) is 0 Å². The topological polar surface area (TPSA) is 38.0 Å². The van der Waals surface area contributed by atoms with Crippen LogP contribution in [-0.2, 0) is 0 Å². The fourth-order valence-electron chi connectivity index (χ4n) is 2.74. The van der Waals surface area contributed by atoms with Crippen molar-refractivity contribution in [1.29, 1.82) is 0 Å². The molecule has 0 aliphatic heterocycles. The minimum absolute atomic E-state index is 0.237. The molecule has 0 unspecified atom stereocenters. The lowest BCUT2D eigenvalue weighted by Crippen LogP contribution is -2.26. The van der Waals surface area contributed by atoms with E-state index in [1.54, 1.807) is 6.07 Å². The van der Waals surface area contributed by atoms with E-state index in [9.17, 15) is 4.39 Å². The molecule has 1 fully saturated rings. The molecule has 0 amide bonds. The van der Waals surface area contributed by atoms with Gasteiger partial charge in [0.15, 0.2) is 0 Å². The van der Waals surface area contributed by atoms with E-state index >= 15 is 0 Å². The summed E-state index contributed by atoms with van der Waals surface area (Å²) in [5.41, 5.74) is 7.56. The molecule has 0 saturated heterocycles. The molecule has 3 heteroatoms. The van der Waals surface area contributed by atoms with Gasteiger partial charge in [-0.25, -0.2) is 4.39 Å². The maximum Gasteiger partial charge on any atom is 0.125 e. The van der Waals surface area contributed by atoms with Crippen LogP contribution < -0.4 is 11.1 Å². The second-order valence-electron chi connectivity index (χ2n) is 5.15. The average molecular weight is 236 g/mol. The predicted molar refractivity (Wildman–Crippen MR) is 70.5 cm³/mol. The first-order chi connectivity index (χ1) is 8.15. The Morgan fingerprint density at radius 2 is 2.06 bits per heavy atom. The summed E-state index contributed by atoms with van der Waals surface area (Å²) in [7, 11) is 0. The van der Waals surface area contributed by atoms with Crippen molar-refractivity contribution < 1.29 is 4.39 Å². The highest BCUT2D eigenvalue weighted by atomic mass is 19.1. The molecule has 1 aromatic rings. The van der Waals surface area contributed by atoms with Gasteiger partial charge in [0.1, 0.15) is 5.82 Å². The zero-order chi connectivity index (χ0) is 12.3. The average Bonchev–Trinajstić information content (AvgIpc) is 2.80. The van der Waals surface area contributed by atoms with Gasteiger partial charge in [-0.1, -0.05) is 19.8 Å². The Bertz CT molecular complexity index is 384.